The van der Waals surface area contributed by atoms with Crippen LogP contribution in [0.5, 0.6) is 0 Å². The molecular weight excluding hydrogens is 328 g/mol. The predicted molar refractivity (Wildman–Crippen MR) is 101 cm³/mol. The molecular formula is C19H18N6O. The van der Waals surface area contributed by atoms with Gasteiger partial charge in [-0.2, -0.15) is 0 Å². The molecule has 0 bridgehead atoms. The zero-order valence-corrected chi connectivity index (χ0v) is 14.7. The lowest BCUT2D eigenvalue weighted by Gasteiger charge is -2.11. The number of nitrogens with zero attached hydrogens (tertiary/aromatic N) is 5. The van der Waals surface area contributed by atoms with E-state index in [4.69, 9.17) is 4.98 Å². The van der Waals surface area contributed by atoms with E-state index in [1.54, 1.807) is 19.6 Å². The second-order valence-corrected chi connectivity index (χ2v) is 7.06. The van der Waals surface area contributed by atoms with Crippen molar-refractivity contribution in [2.45, 2.75) is 32.2 Å². The lowest BCUT2D eigenvalue weighted by Crippen LogP contribution is -2.19. The Morgan fingerprint density at radius 2 is 2.08 bits per heavy atom. The molecule has 7 nitrogen and oxygen atoms in total. The summed E-state index contributed by atoms with van der Waals surface area (Å²) in [6.07, 6.45) is 6.36. The summed E-state index contributed by atoms with van der Waals surface area (Å²) < 4.78 is 1.48. The van der Waals surface area contributed by atoms with Crippen LogP contribution in [-0.4, -0.2) is 31.3 Å². The van der Waals surface area contributed by atoms with Crippen LogP contribution in [0.3, 0.4) is 0 Å². The number of pyridine rings is 2. The first-order valence-electron chi connectivity index (χ1n) is 8.75. The molecule has 1 aliphatic heterocycles. The van der Waals surface area contributed by atoms with Crippen LogP contribution < -0.4 is 10.9 Å². The maximum Gasteiger partial charge on any atom is 0.264 e. The number of rotatable bonds is 3. The van der Waals surface area contributed by atoms with Gasteiger partial charge in [0, 0.05) is 42.5 Å². The van der Waals surface area contributed by atoms with Crippen molar-refractivity contribution < 1.29 is 0 Å². The number of hydrogen-bond donors (Lipinski definition) is 1. The monoisotopic (exact) mass is 346 g/mol. The van der Waals surface area contributed by atoms with Crippen LogP contribution in [0.25, 0.3) is 22.2 Å². The van der Waals surface area contributed by atoms with Crippen LogP contribution in [0, 0.1) is 0 Å². The van der Waals surface area contributed by atoms with Crippen LogP contribution in [-0.2, 0) is 13.5 Å². The van der Waals surface area contributed by atoms with Gasteiger partial charge in [-0.15, -0.1) is 0 Å². The summed E-state index contributed by atoms with van der Waals surface area (Å²) in [6.45, 7) is 2.01. The van der Waals surface area contributed by atoms with Crippen molar-refractivity contribution in [1.29, 1.82) is 0 Å². The Hall–Kier alpha value is -3.09. The average Bonchev–Trinajstić information content (AvgIpc) is 3.35. The lowest BCUT2D eigenvalue weighted by molar-refractivity contribution is 0.842. The zero-order valence-electron chi connectivity index (χ0n) is 14.7. The third kappa shape index (κ3) is 2.47. The highest BCUT2D eigenvalue weighted by Gasteiger charge is 2.24. The third-order valence-electron chi connectivity index (χ3n) is 4.80. The highest BCUT2D eigenvalue weighted by Crippen LogP contribution is 2.32. The maximum atomic E-state index is 12.6. The van der Waals surface area contributed by atoms with Crippen LogP contribution in [0.1, 0.15) is 25.3 Å². The van der Waals surface area contributed by atoms with Crippen LogP contribution in [0.4, 0.5) is 11.6 Å². The largest absolute Gasteiger partial charge is 0.367 e. The smallest absolute Gasteiger partial charge is 0.264 e. The molecule has 0 spiro atoms. The number of aromatic nitrogens is 4. The Kier molecular flexibility index (Phi) is 3.19. The van der Waals surface area contributed by atoms with Crippen molar-refractivity contribution in [3.63, 3.8) is 0 Å². The first kappa shape index (κ1) is 15.2. The van der Waals surface area contributed by atoms with Crippen molar-refractivity contribution in [1.82, 2.24) is 19.5 Å². The molecule has 0 amide bonds. The summed E-state index contributed by atoms with van der Waals surface area (Å²) in [5, 5.41) is 3.93. The van der Waals surface area contributed by atoms with Crippen molar-refractivity contribution in [2.24, 2.45) is 12.0 Å². The Balaban J connectivity index is 1.68. The molecule has 0 unspecified atom stereocenters. The summed E-state index contributed by atoms with van der Waals surface area (Å²) in [5.41, 5.74) is 4.41. The number of hydrogen-bond acceptors (Lipinski definition) is 6. The van der Waals surface area contributed by atoms with Gasteiger partial charge in [0.2, 0.25) is 0 Å². The van der Waals surface area contributed by atoms with Gasteiger partial charge < -0.3 is 9.88 Å². The quantitative estimate of drug-likeness (QED) is 0.788. The highest BCUT2D eigenvalue weighted by molar-refractivity contribution is 5.93. The molecule has 7 heteroatoms. The average molecular weight is 346 g/mol. The Labute approximate surface area is 149 Å². The fraction of sp³-hybridized carbons (Fsp3) is 0.316. The van der Waals surface area contributed by atoms with Crippen molar-refractivity contribution in [2.75, 3.05) is 5.32 Å². The third-order valence-corrected chi connectivity index (χ3v) is 4.80. The zero-order chi connectivity index (χ0) is 17.8. The molecule has 26 heavy (non-hydrogen) atoms. The van der Waals surface area contributed by atoms with Gasteiger partial charge in [0.05, 0.1) is 17.5 Å². The Morgan fingerprint density at radius 1 is 1.23 bits per heavy atom. The minimum absolute atomic E-state index is 0.0895. The molecule has 0 atom stereocenters. The molecule has 2 aliphatic rings. The summed E-state index contributed by atoms with van der Waals surface area (Å²) in [5.74, 6) is 1.40. The van der Waals surface area contributed by atoms with E-state index in [9.17, 15) is 4.79 Å². The van der Waals surface area contributed by atoms with E-state index < -0.39 is 0 Å². The minimum atomic E-state index is -0.0895. The number of aliphatic imine (C=N–C) groups is 1. The first-order valence-corrected chi connectivity index (χ1v) is 8.75. The van der Waals surface area contributed by atoms with Crippen LogP contribution in [0.2, 0.25) is 0 Å². The van der Waals surface area contributed by atoms with Gasteiger partial charge >= 0.3 is 0 Å². The number of nitrogens with one attached hydrogen (secondary N) is 1. The number of anilines is 1. The molecule has 1 aliphatic carbocycles. The fourth-order valence-corrected chi connectivity index (χ4v) is 3.27. The van der Waals surface area contributed by atoms with Gasteiger partial charge in [0.15, 0.2) is 5.82 Å². The SMILES string of the molecule is CC1=Nc2ncc(-c3cc4ncn(C)c(=O)c4c(NC4CC4)n3)cc2C1. The summed E-state index contributed by atoms with van der Waals surface area (Å²) in [4.78, 5) is 30.7. The van der Waals surface area contributed by atoms with Gasteiger partial charge in [-0.05, 0) is 31.9 Å². The normalized spacial score (nSPS) is 15.8. The maximum absolute atomic E-state index is 12.6. The minimum Gasteiger partial charge on any atom is -0.367 e. The summed E-state index contributed by atoms with van der Waals surface area (Å²) in [6, 6.07) is 4.33. The van der Waals surface area contributed by atoms with E-state index in [1.165, 1.54) is 4.57 Å². The molecule has 4 heterocycles. The second kappa shape index (κ2) is 5.45. The van der Waals surface area contributed by atoms with E-state index in [-0.39, 0.29) is 5.56 Å². The van der Waals surface area contributed by atoms with Crippen molar-refractivity contribution >= 4 is 28.3 Å². The summed E-state index contributed by atoms with van der Waals surface area (Å²) in [7, 11) is 1.70. The highest BCUT2D eigenvalue weighted by atomic mass is 16.1. The van der Waals surface area contributed by atoms with Gasteiger partial charge in [-0.3, -0.25) is 4.79 Å². The van der Waals surface area contributed by atoms with Crippen LogP contribution in [0.15, 0.2) is 34.4 Å². The second-order valence-electron chi connectivity index (χ2n) is 7.06. The molecule has 1 saturated carbocycles. The molecule has 130 valence electrons. The van der Waals surface area contributed by atoms with Gasteiger partial charge in [-0.1, -0.05) is 0 Å². The van der Waals surface area contributed by atoms with Crippen molar-refractivity contribution in [3.8, 4) is 11.3 Å². The Bertz CT molecular complexity index is 1140. The molecule has 3 aromatic rings. The number of aryl methyl sites for hydroxylation is 1. The van der Waals surface area contributed by atoms with E-state index in [2.05, 4.69) is 26.3 Å². The molecule has 0 radical (unpaired) electrons. The molecule has 1 N–H and O–H groups in total. The summed E-state index contributed by atoms with van der Waals surface area (Å²) >= 11 is 0. The number of fused-ring (bicyclic) bond motifs is 2. The fourth-order valence-electron chi connectivity index (χ4n) is 3.27. The van der Waals surface area contributed by atoms with E-state index in [0.29, 0.717) is 22.8 Å². The molecule has 0 saturated heterocycles. The lowest BCUT2D eigenvalue weighted by atomic mass is 10.1. The van der Waals surface area contributed by atoms with Gasteiger partial charge in [0.25, 0.3) is 5.56 Å². The molecule has 0 aromatic carbocycles. The van der Waals surface area contributed by atoms with E-state index >= 15 is 0 Å². The molecule has 1 fully saturated rings. The van der Waals surface area contributed by atoms with Crippen LogP contribution >= 0.6 is 0 Å². The van der Waals surface area contributed by atoms with E-state index in [1.807, 2.05) is 13.0 Å². The Morgan fingerprint density at radius 3 is 2.88 bits per heavy atom. The topological polar surface area (TPSA) is 85.1 Å². The standard InChI is InChI=1S/C19H18N6O/c1-10-5-11-6-12(8-20-17(11)22-10)14-7-15-16(19(26)25(2)9-21-15)18(24-14)23-13-3-4-13/h6-9,13H,3-5H2,1-2H3,(H,23,24). The first-order chi connectivity index (χ1) is 12.6. The van der Waals surface area contributed by atoms with E-state index in [0.717, 1.165) is 47.6 Å². The predicted octanol–water partition coefficient (Wildman–Crippen LogP) is 2.61. The molecule has 3 aromatic heterocycles. The molecule has 5 rings (SSSR count). The van der Waals surface area contributed by atoms with Gasteiger partial charge in [0.1, 0.15) is 11.2 Å². The van der Waals surface area contributed by atoms with Gasteiger partial charge in [-0.25, -0.2) is 19.9 Å². The van der Waals surface area contributed by atoms with Crippen molar-refractivity contribution in [3.05, 3.63) is 40.6 Å².